The Labute approximate surface area is 130 Å². The lowest BCUT2D eigenvalue weighted by atomic mass is 9.73. The van der Waals surface area contributed by atoms with Crippen LogP contribution in [0, 0.1) is 11.3 Å². The fraction of sp³-hybridized carbons (Fsp3) is 0.588. The van der Waals surface area contributed by atoms with E-state index in [0.29, 0.717) is 11.7 Å². The highest BCUT2D eigenvalue weighted by atomic mass is 79.9. The van der Waals surface area contributed by atoms with E-state index in [1.54, 1.807) is 7.11 Å². The first kappa shape index (κ1) is 15.6. The third kappa shape index (κ3) is 3.08. The van der Waals surface area contributed by atoms with E-state index in [2.05, 4.69) is 29.8 Å². The number of methoxy groups -OCH3 is 1. The molecule has 1 saturated carbocycles. The molecule has 0 atom stereocenters. The minimum atomic E-state index is -0.178. The van der Waals surface area contributed by atoms with Gasteiger partial charge in [-0.1, -0.05) is 42.6 Å². The van der Waals surface area contributed by atoms with Crippen LogP contribution in [0.2, 0.25) is 0 Å². The summed E-state index contributed by atoms with van der Waals surface area (Å²) in [5.74, 6) is 1.49. The summed E-state index contributed by atoms with van der Waals surface area (Å²) in [4.78, 5) is 13.1. The second-order valence-electron chi connectivity index (χ2n) is 6.26. The number of benzene rings is 1. The third-order valence-electron chi connectivity index (χ3n) is 4.25. The largest absolute Gasteiger partial charge is 0.496 e. The molecule has 0 bridgehead atoms. The number of ketones is 1. The molecule has 0 spiro atoms. The number of hydrogen-bond acceptors (Lipinski definition) is 2. The van der Waals surface area contributed by atoms with Crippen LogP contribution >= 0.6 is 15.9 Å². The standard InChI is InChI=1S/C17H23BrO2/c1-12(2)11-17(8-4-5-9-17)16(19)14-10-13(18)6-7-15(14)20-3/h6-7,10,12H,4-5,8-9,11H2,1-3H3. The van der Waals surface area contributed by atoms with Crippen molar-refractivity contribution in [2.75, 3.05) is 7.11 Å². The van der Waals surface area contributed by atoms with Crippen molar-refractivity contribution < 1.29 is 9.53 Å². The minimum Gasteiger partial charge on any atom is -0.496 e. The molecular formula is C17H23BrO2. The van der Waals surface area contributed by atoms with E-state index in [1.165, 1.54) is 0 Å². The Hall–Kier alpha value is -0.830. The van der Waals surface area contributed by atoms with E-state index in [0.717, 1.165) is 42.1 Å². The van der Waals surface area contributed by atoms with Gasteiger partial charge in [-0.2, -0.15) is 0 Å². The van der Waals surface area contributed by atoms with Gasteiger partial charge in [0.2, 0.25) is 0 Å². The molecule has 0 heterocycles. The van der Waals surface area contributed by atoms with E-state index in [-0.39, 0.29) is 11.2 Å². The number of Topliss-reactive ketones (excluding diaryl/α,β-unsaturated/α-hetero) is 1. The normalized spacial score (nSPS) is 17.4. The lowest BCUT2D eigenvalue weighted by Crippen LogP contribution is -2.30. The van der Waals surface area contributed by atoms with Crippen LogP contribution in [-0.4, -0.2) is 12.9 Å². The molecule has 0 amide bonds. The number of carbonyl (C=O) groups excluding carboxylic acids is 1. The third-order valence-corrected chi connectivity index (χ3v) is 4.74. The Morgan fingerprint density at radius 3 is 2.55 bits per heavy atom. The molecule has 110 valence electrons. The predicted octanol–water partition coefficient (Wildman–Crippen LogP) is 5.25. The maximum absolute atomic E-state index is 13.1. The van der Waals surface area contributed by atoms with Gasteiger partial charge in [0.25, 0.3) is 0 Å². The summed E-state index contributed by atoms with van der Waals surface area (Å²) in [6.07, 6.45) is 5.32. The fourth-order valence-electron chi connectivity index (χ4n) is 3.50. The zero-order valence-electron chi connectivity index (χ0n) is 12.5. The van der Waals surface area contributed by atoms with Crippen molar-refractivity contribution in [1.29, 1.82) is 0 Å². The molecule has 20 heavy (non-hydrogen) atoms. The lowest BCUT2D eigenvalue weighted by molar-refractivity contribution is 0.0756. The van der Waals surface area contributed by atoms with Gasteiger partial charge < -0.3 is 4.74 Å². The SMILES string of the molecule is COc1ccc(Br)cc1C(=O)C1(CC(C)C)CCCC1. The van der Waals surface area contributed by atoms with Crippen LogP contribution in [-0.2, 0) is 0 Å². The van der Waals surface area contributed by atoms with E-state index in [4.69, 9.17) is 4.74 Å². The van der Waals surface area contributed by atoms with Gasteiger partial charge in [0.05, 0.1) is 12.7 Å². The zero-order valence-corrected chi connectivity index (χ0v) is 14.1. The van der Waals surface area contributed by atoms with Gasteiger partial charge >= 0.3 is 0 Å². The monoisotopic (exact) mass is 338 g/mol. The van der Waals surface area contributed by atoms with Gasteiger partial charge in [-0.3, -0.25) is 4.79 Å². The summed E-state index contributed by atoms with van der Waals surface area (Å²) >= 11 is 3.46. The zero-order chi connectivity index (χ0) is 14.8. The van der Waals surface area contributed by atoms with Crippen molar-refractivity contribution in [1.82, 2.24) is 0 Å². The lowest BCUT2D eigenvalue weighted by Gasteiger charge is -2.30. The molecule has 1 aromatic carbocycles. The summed E-state index contributed by atoms with van der Waals surface area (Å²) in [5.41, 5.74) is 0.548. The Bertz CT molecular complexity index is 488. The van der Waals surface area contributed by atoms with Crippen molar-refractivity contribution >= 4 is 21.7 Å². The van der Waals surface area contributed by atoms with Gasteiger partial charge in [-0.05, 0) is 43.4 Å². The highest BCUT2D eigenvalue weighted by Crippen LogP contribution is 2.46. The molecule has 0 N–H and O–H groups in total. The maximum Gasteiger partial charge on any atom is 0.172 e. The van der Waals surface area contributed by atoms with Gasteiger partial charge in [0.15, 0.2) is 5.78 Å². The number of halogens is 1. The predicted molar refractivity (Wildman–Crippen MR) is 85.4 cm³/mol. The quantitative estimate of drug-likeness (QED) is 0.685. The average Bonchev–Trinajstić information content (AvgIpc) is 2.86. The average molecular weight is 339 g/mol. The summed E-state index contributed by atoms with van der Waals surface area (Å²) < 4.78 is 6.32. The summed E-state index contributed by atoms with van der Waals surface area (Å²) in [5, 5.41) is 0. The summed E-state index contributed by atoms with van der Waals surface area (Å²) in [6, 6.07) is 5.69. The Morgan fingerprint density at radius 2 is 2.00 bits per heavy atom. The van der Waals surface area contributed by atoms with Crippen LogP contribution in [0.1, 0.15) is 56.3 Å². The molecule has 0 saturated heterocycles. The minimum absolute atomic E-state index is 0.178. The van der Waals surface area contributed by atoms with E-state index >= 15 is 0 Å². The first-order valence-corrected chi connectivity index (χ1v) is 8.16. The molecule has 1 aliphatic carbocycles. The Kier molecular flexibility index (Phi) is 4.90. The topological polar surface area (TPSA) is 26.3 Å². The fourth-order valence-corrected chi connectivity index (χ4v) is 3.86. The van der Waals surface area contributed by atoms with E-state index in [1.807, 2.05) is 18.2 Å². The van der Waals surface area contributed by atoms with E-state index < -0.39 is 0 Å². The molecule has 2 rings (SSSR count). The molecule has 0 aliphatic heterocycles. The van der Waals surface area contributed by atoms with Crippen molar-refractivity contribution in [3.63, 3.8) is 0 Å². The van der Waals surface area contributed by atoms with Crippen molar-refractivity contribution in [3.8, 4) is 5.75 Å². The Morgan fingerprint density at radius 1 is 1.35 bits per heavy atom. The molecule has 1 fully saturated rings. The number of rotatable bonds is 5. The summed E-state index contributed by atoms with van der Waals surface area (Å²) in [6.45, 7) is 4.40. The van der Waals surface area contributed by atoms with E-state index in [9.17, 15) is 4.79 Å². The highest BCUT2D eigenvalue weighted by Gasteiger charge is 2.42. The molecular weight excluding hydrogens is 316 g/mol. The van der Waals surface area contributed by atoms with Gasteiger partial charge in [0, 0.05) is 9.89 Å². The molecule has 3 heteroatoms. The molecule has 0 aromatic heterocycles. The second-order valence-corrected chi connectivity index (χ2v) is 7.17. The number of ether oxygens (including phenoxy) is 1. The molecule has 0 unspecified atom stereocenters. The number of carbonyl (C=O) groups is 1. The van der Waals surface area contributed by atoms with Crippen molar-refractivity contribution in [2.45, 2.75) is 46.0 Å². The Balaban J connectivity index is 2.39. The van der Waals surface area contributed by atoms with Gasteiger partial charge in [-0.25, -0.2) is 0 Å². The van der Waals surface area contributed by atoms with Crippen LogP contribution in [0.4, 0.5) is 0 Å². The molecule has 1 aliphatic rings. The molecule has 2 nitrogen and oxygen atoms in total. The van der Waals surface area contributed by atoms with Crippen LogP contribution in [0.15, 0.2) is 22.7 Å². The first-order valence-electron chi connectivity index (χ1n) is 7.37. The van der Waals surface area contributed by atoms with Crippen LogP contribution < -0.4 is 4.74 Å². The summed E-state index contributed by atoms with van der Waals surface area (Å²) in [7, 11) is 1.63. The molecule has 1 aromatic rings. The second kappa shape index (κ2) is 6.30. The van der Waals surface area contributed by atoms with Gasteiger partial charge in [-0.15, -0.1) is 0 Å². The molecule has 0 radical (unpaired) electrons. The maximum atomic E-state index is 13.1. The van der Waals surface area contributed by atoms with Crippen molar-refractivity contribution in [2.24, 2.45) is 11.3 Å². The van der Waals surface area contributed by atoms with Gasteiger partial charge in [0.1, 0.15) is 5.75 Å². The first-order chi connectivity index (χ1) is 9.48. The van der Waals surface area contributed by atoms with Crippen LogP contribution in [0.3, 0.4) is 0 Å². The number of hydrogen-bond donors (Lipinski definition) is 0. The van der Waals surface area contributed by atoms with Crippen LogP contribution in [0.25, 0.3) is 0 Å². The van der Waals surface area contributed by atoms with Crippen LogP contribution in [0.5, 0.6) is 5.75 Å². The smallest absolute Gasteiger partial charge is 0.172 e. The highest BCUT2D eigenvalue weighted by molar-refractivity contribution is 9.10. The van der Waals surface area contributed by atoms with Crippen molar-refractivity contribution in [3.05, 3.63) is 28.2 Å².